The van der Waals surface area contributed by atoms with E-state index in [1.54, 1.807) is 10.9 Å². The van der Waals surface area contributed by atoms with Crippen molar-refractivity contribution < 1.29 is 0 Å². The largest absolute Gasteiger partial charge is 0.300 e. The summed E-state index contributed by atoms with van der Waals surface area (Å²) in [5.74, 6) is 2.41. The Kier molecular flexibility index (Phi) is 3.67. The first-order valence-corrected chi connectivity index (χ1v) is 8.11. The first kappa shape index (κ1) is 12.2. The van der Waals surface area contributed by atoms with Gasteiger partial charge in [0.25, 0.3) is 5.56 Å². The van der Waals surface area contributed by atoms with Gasteiger partial charge in [0.15, 0.2) is 0 Å². The van der Waals surface area contributed by atoms with Gasteiger partial charge in [-0.1, -0.05) is 0 Å². The Balaban J connectivity index is 1.74. The van der Waals surface area contributed by atoms with Crippen molar-refractivity contribution in [1.29, 1.82) is 0 Å². The molecule has 0 aromatic carbocycles. The minimum absolute atomic E-state index is 0.0985. The molecule has 2 aromatic rings. The van der Waals surface area contributed by atoms with E-state index in [1.807, 2.05) is 23.2 Å². The monoisotopic (exact) mass is 281 g/mol. The zero-order chi connectivity index (χ0) is 12.4. The first-order valence-electron chi connectivity index (χ1n) is 6.07. The fraction of sp³-hybridized carbons (Fsp3) is 0.500. The number of fused-ring (bicyclic) bond motifs is 1. The average Bonchev–Trinajstić information content (AvgIpc) is 2.88. The minimum Gasteiger partial charge on any atom is -0.300 e. The molecule has 6 heteroatoms. The average molecular weight is 281 g/mol. The Morgan fingerprint density at radius 1 is 1.28 bits per heavy atom. The van der Waals surface area contributed by atoms with E-state index >= 15 is 0 Å². The Morgan fingerprint density at radius 2 is 2.11 bits per heavy atom. The predicted molar refractivity (Wildman–Crippen MR) is 77.6 cm³/mol. The van der Waals surface area contributed by atoms with Crippen LogP contribution in [0.5, 0.6) is 0 Å². The van der Waals surface area contributed by atoms with E-state index in [1.165, 1.54) is 22.8 Å². The summed E-state index contributed by atoms with van der Waals surface area (Å²) in [5, 5.41) is 1.92. The molecule has 18 heavy (non-hydrogen) atoms. The van der Waals surface area contributed by atoms with Crippen molar-refractivity contribution in [2.24, 2.45) is 0 Å². The summed E-state index contributed by atoms with van der Waals surface area (Å²) in [6, 6.07) is 1.90. The molecule has 0 N–H and O–H groups in total. The van der Waals surface area contributed by atoms with Gasteiger partial charge >= 0.3 is 0 Å². The van der Waals surface area contributed by atoms with Gasteiger partial charge in [-0.05, 0) is 11.4 Å². The quantitative estimate of drug-likeness (QED) is 0.855. The van der Waals surface area contributed by atoms with Crippen LogP contribution in [0.1, 0.15) is 0 Å². The lowest BCUT2D eigenvalue weighted by molar-refractivity contribution is 0.288. The van der Waals surface area contributed by atoms with Crippen molar-refractivity contribution in [2.45, 2.75) is 6.54 Å². The molecule has 0 aliphatic carbocycles. The highest BCUT2D eigenvalue weighted by Crippen LogP contribution is 2.13. The topological polar surface area (TPSA) is 38.1 Å². The summed E-state index contributed by atoms with van der Waals surface area (Å²) in [7, 11) is 0. The van der Waals surface area contributed by atoms with E-state index in [0.717, 1.165) is 36.4 Å². The molecular formula is C12H15N3OS2. The van der Waals surface area contributed by atoms with E-state index in [9.17, 15) is 4.79 Å². The van der Waals surface area contributed by atoms with Gasteiger partial charge in [-0.3, -0.25) is 14.3 Å². The Labute approximate surface area is 114 Å². The summed E-state index contributed by atoms with van der Waals surface area (Å²) in [5.41, 5.74) is 0.914. The molecule has 0 bridgehead atoms. The highest BCUT2D eigenvalue weighted by atomic mass is 32.2. The molecule has 0 amide bonds. The molecule has 0 unspecified atom stereocenters. The third-order valence-electron chi connectivity index (χ3n) is 3.20. The van der Waals surface area contributed by atoms with Crippen LogP contribution >= 0.6 is 23.1 Å². The van der Waals surface area contributed by atoms with Crippen LogP contribution < -0.4 is 5.56 Å². The van der Waals surface area contributed by atoms with Gasteiger partial charge < -0.3 is 0 Å². The maximum atomic E-state index is 12.2. The van der Waals surface area contributed by atoms with E-state index in [2.05, 4.69) is 9.88 Å². The number of nitrogens with zero attached hydrogens (tertiary/aromatic N) is 3. The predicted octanol–water partition coefficient (Wildman–Crippen LogP) is 1.51. The van der Waals surface area contributed by atoms with Gasteiger partial charge in [-0.15, -0.1) is 11.3 Å². The fourth-order valence-corrected chi connectivity index (χ4v) is 3.88. The lowest BCUT2D eigenvalue weighted by atomic mass is 10.4. The second kappa shape index (κ2) is 5.42. The molecule has 96 valence electrons. The Hall–Kier alpha value is -0.850. The Morgan fingerprint density at radius 3 is 2.94 bits per heavy atom. The highest BCUT2D eigenvalue weighted by molar-refractivity contribution is 7.99. The van der Waals surface area contributed by atoms with Crippen molar-refractivity contribution in [2.75, 3.05) is 31.1 Å². The molecule has 0 saturated carbocycles. The standard InChI is InChI=1S/C12H15N3OS2/c16-12-11-10(1-6-18-11)13-9-15(12)3-2-14-4-7-17-8-5-14/h1,6,9H,2-5,7-8H2. The van der Waals surface area contributed by atoms with Crippen LogP contribution in [0.3, 0.4) is 0 Å². The SMILES string of the molecule is O=c1c2sccc2ncn1CCN1CCSCC1. The van der Waals surface area contributed by atoms with E-state index < -0.39 is 0 Å². The van der Waals surface area contributed by atoms with Crippen molar-refractivity contribution in [3.8, 4) is 0 Å². The maximum Gasteiger partial charge on any atom is 0.271 e. The van der Waals surface area contributed by atoms with Gasteiger partial charge in [-0.25, -0.2) is 4.98 Å². The smallest absolute Gasteiger partial charge is 0.271 e. The summed E-state index contributed by atoms with van der Waals surface area (Å²) >= 11 is 3.48. The molecule has 1 aliphatic rings. The lowest BCUT2D eigenvalue weighted by Gasteiger charge is -2.26. The summed E-state index contributed by atoms with van der Waals surface area (Å²) < 4.78 is 2.51. The summed E-state index contributed by atoms with van der Waals surface area (Å²) in [6.45, 7) is 3.95. The second-order valence-corrected chi connectivity index (χ2v) is 6.47. The number of thioether (sulfide) groups is 1. The third-order valence-corrected chi connectivity index (χ3v) is 5.03. The van der Waals surface area contributed by atoms with Crippen LogP contribution in [-0.2, 0) is 6.54 Å². The zero-order valence-electron chi connectivity index (χ0n) is 10.0. The number of hydrogen-bond donors (Lipinski definition) is 0. The highest BCUT2D eigenvalue weighted by Gasteiger charge is 2.11. The van der Waals surface area contributed by atoms with Gasteiger partial charge in [0.05, 0.1) is 11.8 Å². The first-order chi connectivity index (χ1) is 8.84. The fourth-order valence-electron chi connectivity index (χ4n) is 2.11. The van der Waals surface area contributed by atoms with Crippen LogP contribution in [0.25, 0.3) is 10.2 Å². The van der Waals surface area contributed by atoms with Crippen molar-refractivity contribution in [3.63, 3.8) is 0 Å². The molecule has 1 fully saturated rings. The van der Waals surface area contributed by atoms with Gasteiger partial charge in [0.1, 0.15) is 4.70 Å². The molecule has 0 spiro atoms. The minimum atomic E-state index is 0.0985. The zero-order valence-corrected chi connectivity index (χ0v) is 11.7. The second-order valence-electron chi connectivity index (χ2n) is 4.33. The molecule has 3 heterocycles. The Bertz CT molecular complexity index is 586. The van der Waals surface area contributed by atoms with Crippen molar-refractivity contribution in [1.82, 2.24) is 14.5 Å². The molecular weight excluding hydrogens is 266 g/mol. The maximum absolute atomic E-state index is 12.2. The van der Waals surface area contributed by atoms with Crippen molar-refractivity contribution >= 4 is 33.3 Å². The number of hydrogen-bond acceptors (Lipinski definition) is 5. The molecule has 2 aromatic heterocycles. The molecule has 1 aliphatic heterocycles. The van der Waals surface area contributed by atoms with E-state index in [4.69, 9.17) is 0 Å². The number of aromatic nitrogens is 2. The van der Waals surface area contributed by atoms with Gasteiger partial charge in [0, 0.05) is 37.7 Å². The van der Waals surface area contributed by atoms with Crippen molar-refractivity contribution in [3.05, 3.63) is 28.1 Å². The van der Waals surface area contributed by atoms with E-state index in [-0.39, 0.29) is 5.56 Å². The van der Waals surface area contributed by atoms with Crippen LogP contribution in [-0.4, -0.2) is 45.6 Å². The van der Waals surface area contributed by atoms with Crippen LogP contribution in [0.2, 0.25) is 0 Å². The number of thiophene rings is 1. The molecule has 3 rings (SSSR count). The van der Waals surface area contributed by atoms with Crippen LogP contribution in [0.15, 0.2) is 22.6 Å². The van der Waals surface area contributed by atoms with Gasteiger partial charge in [0.2, 0.25) is 0 Å². The molecule has 1 saturated heterocycles. The van der Waals surface area contributed by atoms with Crippen LogP contribution in [0.4, 0.5) is 0 Å². The normalized spacial score (nSPS) is 17.3. The lowest BCUT2D eigenvalue weighted by Crippen LogP contribution is -2.36. The molecule has 4 nitrogen and oxygen atoms in total. The summed E-state index contributed by atoms with van der Waals surface area (Å²) in [4.78, 5) is 18.9. The molecule has 0 radical (unpaired) electrons. The van der Waals surface area contributed by atoms with E-state index in [0.29, 0.717) is 0 Å². The van der Waals surface area contributed by atoms with Gasteiger partial charge in [-0.2, -0.15) is 11.8 Å². The molecule has 0 atom stereocenters. The third kappa shape index (κ3) is 2.46. The summed E-state index contributed by atoms with van der Waals surface area (Å²) in [6.07, 6.45) is 1.68. The number of rotatable bonds is 3. The van der Waals surface area contributed by atoms with Crippen LogP contribution in [0, 0.1) is 0 Å².